The third-order valence-corrected chi connectivity index (χ3v) is 11.5. The van der Waals surface area contributed by atoms with Gasteiger partial charge < -0.3 is 13.7 Å². The van der Waals surface area contributed by atoms with Gasteiger partial charge >= 0.3 is 0 Å². The molecule has 57 heavy (non-hydrogen) atoms. The summed E-state index contributed by atoms with van der Waals surface area (Å²) in [6.45, 7) is 0. The van der Waals surface area contributed by atoms with E-state index in [2.05, 4.69) is 108 Å². The number of aromatic nitrogens is 3. The lowest BCUT2D eigenvalue weighted by atomic mass is 9.91. The van der Waals surface area contributed by atoms with E-state index >= 15 is 0 Å². The second-order valence-corrected chi connectivity index (χ2v) is 14.7. The van der Waals surface area contributed by atoms with E-state index in [-0.39, 0.29) is 6.04 Å². The number of hydrogen-bond donors (Lipinski definition) is 0. The first-order chi connectivity index (χ1) is 28.2. The SMILES string of the molecule is C1=CC2c3ccccc3N(c3ccc4c(c3)oc3cc(-c5cccc6oc7ccc(-c8nc(-c9ccccc9)nc(-c9ccccc9)n8)cc7c56)ccc34)C2C=C1. The van der Waals surface area contributed by atoms with E-state index in [1.54, 1.807) is 0 Å². The van der Waals surface area contributed by atoms with Crippen LogP contribution >= 0.6 is 0 Å². The average Bonchev–Trinajstić information content (AvgIpc) is 3.95. The van der Waals surface area contributed by atoms with E-state index in [1.165, 1.54) is 11.3 Å². The van der Waals surface area contributed by atoms with Crippen molar-refractivity contribution in [3.05, 3.63) is 188 Å². The second-order valence-electron chi connectivity index (χ2n) is 14.7. The Morgan fingerprint density at radius 2 is 1.09 bits per heavy atom. The molecular weight excluding hydrogens is 701 g/mol. The van der Waals surface area contributed by atoms with Crippen molar-refractivity contribution >= 4 is 55.3 Å². The van der Waals surface area contributed by atoms with Gasteiger partial charge in [0, 0.05) is 61.6 Å². The molecule has 10 aromatic rings. The minimum atomic E-state index is 0.230. The molecule has 2 unspecified atom stereocenters. The average molecular weight is 733 g/mol. The molecule has 12 rings (SSSR count). The highest BCUT2D eigenvalue weighted by Crippen LogP contribution is 2.48. The molecule has 3 aromatic heterocycles. The van der Waals surface area contributed by atoms with Gasteiger partial charge in [-0.1, -0.05) is 121 Å². The van der Waals surface area contributed by atoms with E-state index in [1.807, 2.05) is 78.9 Å². The number of para-hydroxylation sites is 1. The van der Waals surface area contributed by atoms with Crippen molar-refractivity contribution in [2.75, 3.05) is 4.90 Å². The van der Waals surface area contributed by atoms with Gasteiger partial charge in [0.25, 0.3) is 0 Å². The molecule has 6 nitrogen and oxygen atoms in total. The van der Waals surface area contributed by atoms with Crippen LogP contribution in [0.25, 0.3) is 89.2 Å². The molecule has 268 valence electrons. The summed E-state index contributed by atoms with van der Waals surface area (Å²) in [5, 5.41) is 4.21. The minimum absolute atomic E-state index is 0.230. The molecule has 0 amide bonds. The largest absolute Gasteiger partial charge is 0.456 e. The predicted molar refractivity (Wildman–Crippen MR) is 230 cm³/mol. The molecule has 4 heterocycles. The van der Waals surface area contributed by atoms with Crippen molar-refractivity contribution in [2.24, 2.45) is 0 Å². The fraction of sp³-hybridized carbons (Fsp3) is 0.0392. The quantitative estimate of drug-likeness (QED) is 0.175. The summed E-state index contributed by atoms with van der Waals surface area (Å²) < 4.78 is 13.1. The standard InChI is InChI=1S/C51H32N4O2/c1-3-12-31(13-4-1)49-52-50(32-14-5-2-6-15-32)54-51(53-49)34-23-27-44-41(28-34)48-36(18-11-21-45(48)56-44)33-22-25-39-40-26-24-35(30-47(40)57-46(39)29-33)55-42-19-9-7-16-37(42)38-17-8-10-20-43(38)55/h1-30,37,42H. The fourth-order valence-corrected chi connectivity index (χ4v) is 8.82. The summed E-state index contributed by atoms with van der Waals surface area (Å²) in [4.78, 5) is 17.3. The van der Waals surface area contributed by atoms with Gasteiger partial charge in [-0.2, -0.15) is 0 Å². The number of anilines is 2. The van der Waals surface area contributed by atoms with Gasteiger partial charge in [-0.25, -0.2) is 15.0 Å². The summed E-state index contributed by atoms with van der Waals surface area (Å²) in [5.74, 6) is 2.18. The second kappa shape index (κ2) is 12.5. The third kappa shape index (κ3) is 5.07. The topological polar surface area (TPSA) is 68.2 Å². The van der Waals surface area contributed by atoms with Gasteiger partial charge in [-0.15, -0.1) is 0 Å². The van der Waals surface area contributed by atoms with Gasteiger partial charge in [-0.05, 0) is 71.3 Å². The molecule has 2 aliphatic rings. The van der Waals surface area contributed by atoms with Crippen LogP contribution in [0.5, 0.6) is 0 Å². The molecule has 1 aliphatic carbocycles. The highest BCUT2D eigenvalue weighted by molar-refractivity contribution is 6.14. The van der Waals surface area contributed by atoms with Gasteiger partial charge in [-0.3, -0.25) is 0 Å². The molecular formula is C51H32N4O2. The molecule has 0 saturated carbocycles. The first-order valence-electron chi connectivity index (χ1n) is 19.3. The number of hydrogen-bond acceptors (Lipinski definition) is 6. The van der Waals surface area contributed by atoms with Crippen LogP contribution in [-0.2, 0) is 0 Å². The fourth-order valence-electron chi connectivity index (χ4n) is 8.82. The lowest BCUT2D eigenvalue weighted by molar-refractivity contribution is 0.668. The van der Waals surface area contributed by atoms with E-state index < -0.39 is 0 Å². The maximum atomic E-state index is 6.69. The third-order valence-electron chi connectivity index (χ3n) is 11.5. The number of allylic oxidation sites excluding steroid dienone is 2. The van der Waals surface area contributed by atoms with E-state index in [9.17, 15) is 0 Å². The molecule has 7 aromatic carbocycles. The van der Waals surface area contributed by atoms with Crippen molar-refractivity contribution in [2.45, 2.75) is 12.0 Å². The Balaban J connectivity index is 0.965. The maximum Gasteiger partial charge on any atom is 0.164 e. The molecule has 2 atom stereocenters. The highest BCUT2D eigenvalue weighted by Gasteiger charge is 2.37. The number of furan rings is 2. The summed E-state index contributed by atoms with van der Waals surface area (Å²) in [6.07, 6.45) is 8.93. The van der Waals surface area contributed by atoms with Crippen molar-refractivity contribution in [1.29, 1.82) is 0 Å². The molecule has 6 heteroatoms. The smallest absolute Gasteiger partial charge is 0.164 e. The van der Waals surface area contributed by atoms with Crippen molar-refractivity contribution in [3.63, 3.8) is 0 Å². The summed E-state index contributed by atoms with van der Waals surface area (Å²) in [7, 11) is 0. The zero-order valence-corrected chi connectivity index (χ0v) is 30.6. The first kappa shape index (κ1) is 31.7. The summed E-state index contributed by atoms with van der Waals surface area (Å²) >= 11 is 0. The molecule has 0 saturated heterocycles. The Morgan fingerprint density at radius 1 is 0.439 bits per heavy atom. The Hall–Kier alpha value is -7.57. The van der Waals surface area contributed by atoms with Crippen molar-refractivity contribution in [1.82, 2.24) is 15.0 Å². The lowest BCUT2D eigenvalue weighted by Gasteiger charge is -2.28. The van der Waals surface area contributed by atoms with Crippen LogP contribution in [0.15, 0.2) is 191 Å². The number of benzene rings is 7. The number of fused-ring (bicyclic) bond motifs is 9. The van der Waals surface area contributed by atoms with Crippen LogP contribution in [-0.4, -0.2) is 21.0 Å². The maximum absolute atomic E-state index is 6.69. The van der Waals surface area contributed by atoms with Crippen LogP contribution in [0.2, 0.25) is 0 Å². The monoisotopic (exact) mass is 732 g/mol. The summed E-state index contributed by atoms with van der Waals surface area (Å²) in [6, 6.07) is 54.6. The zero-order valence-electron chi connectivity index (χ0n) is 30.6. The Bertz CT molecular complexity index is 3210. The van der Waals surface area contributed by atoms with Crippen molar-refractivity contribution < 1.29 is 8.83 Å². The van der Waals surface area contributed by atoms with Gasteiger partial charge in [0.15, 0.2) is 17.5 Å². The van der Waals surface area contributed by atoms with Crippen LogP contribution in [0, 0.1) is 0 Å². The Morgan fingerprint density at radius 3 is 1.88 bits per heavy atom. The molecule has 0 spiro atoms. The number of rotatable bonds is 5. The van der Waals surface area contributed by atoms with Gasteiger partial charge in [0.1, 0.15) is 22.3 Å². The Kier molecular flexibility index (Phi) is 6.95. The molecule has 0 bridgehead atoms. The van der Waals surface area contributed by atoms with E-state index in [0.717, 1.165) is 77.4 Å². The van der Waals surface area contributed by atoms with Crippen LogP contribution in [0.4, 0.5) is 11.4 Å². The number of nitrogens with zero attached hydrogens (tertiary/aromatic N) is 4. The van der Waals surface area contributed by atoms with Crippen molar-refractivity contribution in [3.8, 4) is 45.3 Å². The first-order valence-corrected chi connectivity index (χ1v) is 19.3. The summed E-state index contributed by atoms with van der Waals surface area (Å²) in [5.41, 5.74) is 11.9. The molecule has 0 N–H and O–H groups in total. The van der Waals surface area contributed by atoms with Crippen LogP contribution in [0.3, 0.4) is 0 Å². The van der Waals surface area contributed by atoms with E-state index in [0.29, 0.717) is 23.4 Å². The predicted octanol–water partition coefficient (Wildman–Crippen LogP) is 13.1. The van der Waals surface area contributed by atoms with Crippen LogP contribution < -0.4 is 4.90 Å². The highest BCUT2D eigenvalue weighted by atomic mass is 16.3. The van der Waals surface area contributed by atoms with Crippen LogP contribution in [0.1, 0.15) is 11.5 Å². The van der Waals surface area contributed by atoms with Gasteiger partial charge in [0.05, 0.1) is 6.04 Å². The zero-order chi connectivity index (χ0) is 37.5. The minimum Gasteiger partial charge on any atom is -0.456 e. The molecule has 1 aliphatic heterocycles. The molecule has 0 radical (unpaired) electrons. The molecule has 0 fully saturated rings. The van der Waals surface area contributed by atoms with E-state index in [4.69, 9.17) is 23.8 Å². The Labute approximate surface area is 327 Å². The normalized spacial score (nSPS) is 15.9. The lowest BCUT2D eigenvalue weighted by Crippen LogP contribution is -2.28. The van der Waals surface area contributed by atoms with Gasteiger partial charge in [0.2, 0.25) is 0 Å².